The number of hydrogen-bond acceptors (Lipinski definition) is 3. The molecular formula is C17H18N2O2. The monoisotopic (exact) mass is 282 g/mol. The number of benzene rings is 2. The molecule has 1 atom stereocenters. The van der Waals surface area contributed by atoms with Gasteiger partial charge in [0.2, 0.25) is 0 Å². The molecular weight excluding hydrogens is 264 g/mol. The van der Waals surface area contributed by atoms with Gasteiger partial charge in [0.05, 0.1) is 12.6 Å². The lowest BCUT2D eigenvalue weighted by atomic mass is 10.0. The molecule has 3 aromatic rings. The third-order valence-electron chi connectivity index (χ3n) is 3.49. The molecule has 108 valence electrons. The van der Waals surface area contributed by atoms with Crippen molar-refractivity contribution in [3.05, 3.63) is 60.4 Å². The zero-order chi connectivity index (χ0) is 14.7. The van der Waals surface area contributed by atoms with Gasteiger partial charge in [0, 0.05) is 23.3 Å². The third kappa shape index (κ3) is 2.90. The molecule has 0 radical (unpaired) electrons. The molecule has 3 rings (SSSR count). The Morgan fingerprint density at radius 3 is 2.81 bits per heavy atom. The van der Waals surface area contributed by atoms with E-state index in [-0.39, 0.29) is 0 Å². The molecule has 1 N–H and O–H groups in total. The van der Waals surface area contributed by atoms with Gasteiger partial charge in [-0.1, -0.05) is 36.4 Å². The highest BCUT2D eigenvalue weighted by Gasteiger charge is 2.12. The number of aliphatic hydroxyl groups excluding tert-OH is 1. The first-order valence-corrected chi connectivity index (χ1v) is 7.05. The highest BCUT2D eigenvalue weighted by atomic mass is 16.5. The predicted molar refractivity (Wildman–Crippen MR) is 82.3 cm³/mol. The van der Waals surface area contributed by atoms with Gasteiger partial charge in [0.25, 0.3) is 0 Å². The minimum Gasteiger partial charge on any atom is -0.491 e. The Balaban J connectivity index is 1.89. The summed E-state index contributed by atoms with van der Waals surface area (Å²) in [5.41, 5.74) is 0.814. The van der Waals surface area contributed by atoms with E-state index in [0.29, 0.717) is 13.2 Å². The molecule has 21 heavy (non-hydrogen) atoms. The summed E-state index contributed by atoms with van der Waals surface area (Å²) in [5, 5.41) is 16.2. The van der Waals surface area contributed by atoms with Crippen LogP contribution in [-0.4, -0.2) is 21.5 Å². The van der Waals surface area contributed by atoms with Crippen LogP contribution in [0.4, 0.5) is 0 Å². The number of fused-ring (bicyclic) bond motifs is 1. The van der Waals surface area contributed by atoms with Crippen molar-refractivity contribution in [3.63, 3.8) is 0 Å². The maximum Gasteiger partial charge on any atom is 0.132 e. The van der Waals surface area contributed by atoms with Gasteiger partial charge in [-0.2, -0.15) is 5.10 Å². The Bertz CT molecular complexity index is 721. The van der Waals surface area contributed by atoms with E-state index in [1.807, 2.05) is 53.3 Å². The number of nitrogens with zero attached hydrogens (tertiary/aromatic N) is 2. The van der Waals surface area contributed by atoms with E-state index in [4.69, 9.17) is 4.74 Å². The van der Waals surface area contributed by atoms with E-state index in [0.717, 1.165) is 22.1 Å². The van der Waals surface area contributed by atoms with E-state index in [9.17, 15) is 5.11 Å². The van der Waals surface area contributed by atoms with E-state index >= 15 is 0 Å². The van der Waals surface area contributed by atoms with Crippen LogP contribution in [-0.2, 0) is 6.54 Å². The highest BCUT2D eigenvalue weighted by Crippen LogP contribution is 2.33. The second-order valence-corrected chi connectivity index (χ2v) is 5.00. The molecule has 0 aliphatic heterocycles. The zero-order valence-corrected chi connectivity index (χ0v) is 11.9. The fourth-order valence-corrected chi connectivity index (χ4v) is 2.42. The first-order chi connectivity index (χ1) is 10.3. The molecule has 0 amide bonds. The van der Waals surface area contributed by atoms with Gasteiger partial charge in [-0.15, -0.1) is 0 Å². The van der Waals surface area contributed by atoms with Crippen molar-refractivity contribution in [2.45, 2.75) is 19.6 Å². The van der Waals surface area contributed by atoms with Gasteiger partial charge in [-0.3, -0.25) is 4.68 Å². The quantitative estimate of drug-likeness (QED) is 0.782. The molecule has 1 unspecified atom stereocenters. The van der Waals surface area contributed by atoms with Gasteiger partial charge in [-0.05, 0) is 18.4 Å². The minimum atomic E-state index is -0.561. The van der Waals surface area contributed by atoms with Crippen molar-refractivity contribution < 1.29 is 9.84 Å². The summed E-state index contributed by atoms with van der Waals surface area (Å²) < 4.78 is 7.79. The summed E-state index contributed by atoms with van der Waals surface area (Å²) in [4.78, 5) is 0. The molecule has 2 aromatic carbocycles. The molecule has 1 heterocycles. The largest absolute Gasteiger partial charge is 0.491 e. The fraction of sp³-hybridized carbons (Fsp3) is 0.235. The molecule has 1 aromatic heterocycles. The summed E-state index contributed by atoms with van der Waals surface area (Å²) in [5.74, 6) is 0.759. The Labute approximate surface area is 123 Å². The number of aliphatic hydroxyl groups is 1. The number of aromatic nitrogens is 2. The van der Waals surface area contributed by atoms with Crippen LogP contribution >= 0.6 is 0 Å². The van der Waals surface area contributed by atoms with Gasteiger partial charge >= 0.3 is 0 Å². The molecule has 0 saturated carbocycles. The van der Waals surface area contributed by atoms with Crippen molar-refractivity contribution in [1.29, 1.82) is 0 Å². The summed E-state index contributed by atoms with van der Waals surface area (Å²) in [6.45, 7) is 2.94. The van der Waals surface area contributed by atoms with Crippen LogP contribution in [0, 0.1) is 0 Å². The number of ether oxygens (including phenoxy) is 1. The molecule has 0 fully saturated rings. The highest BCUT2D eigenvalue weighted by molar-refractivity contribution is 5.89. The lowest BCUT2D eigenvalue weighted by Crippen LogP contribution is -2.10. The number of hydrogen-bond donors (Lipinski definition) is 1. The maximum absolute atomic E-state index is 9.95. The van der Waals surface area contributed by atoms with E-state index < -0.39 is 6.10 Å². The summed E-state index contributed by atoms with van der Waals surface area (Å²) >= 11 is 0. The van der Waals surface area contributed by atoms with Crippen LogP contribution in [0.5, 0.6) is 5.75 Å². The van der Waals surface area contributed by atoms with E-state index in [2.05, 4.69) is 5.10 Å². The topological polar surface area (TPSA) is 47.3 Å². The van der Waals surface area contributed by atoms with Gasteiger partial charge in [-0.25, -0.2) is 0 Å². The average molecular weight is 282 g/mol. The summed E-state index contributed by atoms with van der Waals surface area (Å²) in [7, 11) is 0. The summed E-state index contributed by atoms with van der Waals surface area (Å²) in [6, 6.07) is 13.9. The van der Waals surface area contributed by atoms with Crippen molar-refractivity contribution in [1.82, 2.24) is 9.78 Å². The molecule has 0 aliphatic rings. The van der Waals surface area contributed by atoms with Crippen molar-refractivity contribution in [2.24, 2.45) is 0 Å². The Morgan fingerprint density at radius 1 is 1.19 bits per heavy atom. The minimum absolute atomic E-state index is 0.509. The van der Waals surface area contributed by atoms with Crippen LogP contribution in [0.25, 0.3) is 10.8 Å². The van der Waals surface area contributed by atoms with E-state index in [1.54, 1.807) is 13.1 Å². The van der Waals surface area contributed by atoms with Crippen LogP contribution in [0.1, 0.15) is 18.6 Å². The molecule has 4 nitrogen and oxygen atoms in total. The van der Waals surface area contributed by atoms with E-state index in [1.165, 1.54) is 0 Å². The molecule has 4 heteroatoms. The standard InChI is InChI=1S/C17H18N2O2/c1-13(20)15-8-7-14-5-2-3-6-16(14)17(15)21-12-11-19-10-4-9-18-19/h2-10,13,20H,11-12H2,1H3. The van der Waals surface area contributed by atoms with Crippen LogP contribution in [0.3, 0.4) is 0 Å². The second kappa shape index (κ2) is 5.97. The third-order valence-corrected chi connectivity index (χ3v) is 3.49. The first-order valence-electron chi connectivity index (χ1n) is 7.05. The second-order valence-electron chi connectivity index (χ2n) is 5.00. The average Bonchev–Trinajstić information content (AvgIpc) is 3.00. The van der Waals surface area contributed by atoms with Gasteiger partial charge in [0.1, 0.15) is 12.4 Å². The lowest BCUT2D eigenvalue weighted by Gasteiger charge is -2.16. The summed E-state index contributed by atoms with van der Waals surface area (Å²) in [6.07, 6.45) is 3.09. The Kier molecular flexibility index (Phi) is 3.88. The Morgan fingerprint density at radius 2 is 2.05 bits per heavy atom. The molecule has 0 saturated heterocycles. The maximum atomic E-state index is 9.95. The predicted octanol–water partition coefficient (Wildman–Crippen LogP) is 3.17. The van der Waals surface area contributed by atoms with Crippen LogP contribution in [0.2, 0.25) is 0 Å². The first kappa shape index (κ1) is 13.6. The van der Waals surface area contributed by atoms with Crippen molar-refractivity contribution in [2.75, 3.05) is 6.61 Å². The number of rotatable bonds is 5. The smallest absolute Gasteiger partial charge is 0.132 e. The molecule has 0 bridgehead atoms. The fourth-order valence-electron chi connectivity index (χ4n) is 2.42. The molecule has 0 spiro atoms. The van der Waals surface area contributed by atoms with Crippen LogP contribution in [0.15, 0.2) is 54.9 Å². The Hall–Kier alpha value is -2.33. The van der Waals surface area contributed by atoms with Gasteiger partial charge < -0.3 is 9.84 Å². The van der Waals surface area contributed by atoms with Gasteiger partial charge in [0.15, 0.2) is 0 Å². The van der Waals surface area contributed by atoms with Crippen LogP contribution < -0.4 is 4.74 Å². The SMILES string of the molecule is CC(O)c1ccc2ccccc2c1OCCn1cccn1. The molecule has 0 aliphatic carbocycles. The van der Waals surface area contributed by atoms with Crippen molar-refractivity contribution in [3.8, 4) is 5.75 Å². The normalized spacial score (nSPS) is 12.5. The zero-order valence-electron chi connectivity index (χ0n) is 11.9. The lowest BCUT2D eigenvalue weighted by molar-refractivity contribution is 0.190. The van der Waals surface area contributed by atoms with Crippen molar-refractivity contribution >= 4 is 10.8 Å².